The van der Waals surface area contributed by atoms with Gasteiger partial charge in [0.05, 0.1) is 0 Å². The molecular formula is C18H24F6O. The third kappa shape index (κ3) is 5.12. The van der Waals surface area contributed by atoms with Gasteiger partial charge >= 0.3 is 12.4 Å². The lowest BCUT2D eigenvalue weighted by Gasteiger charge is -2.32. The summed E-state index contributed by atoms with van der Waals surface area (Å²) >= 11 is 0. The van der Waals surface area contributed by atoms with Gasteiger partial charge in [-0.3, -0.25) is 0 Å². The fourth-order valence-corrected chi connectivity index (χ4v) is 2.53. The van der Waals surface area contributed by atoms with Gasteiger partial charge in [-0.2, -0.15) is 26.3 Å². The highest BCUT2D eigenvalue weighted by Crippen LogP contribution is 2.45. The second kappa shape index (κ2) is 7.56. The van der Waals surface area contributed by atoms with Crippen molar-refractivity contribution in [1.29, 1.82) is 0 Å². The molecule has 0 bridgehead atoms. The molecule has 25 heavy (non-hydrogen) atoms. The number of halogens is 6. The van der Waals surface area contributed by atoms with Gasteiger partial charge in [0, 0.05) is 6.42 Å². The standard InChI is InChI=1S/C18H24F6O/c1-4-15(3,5-2)11-10-13-6-8-14(9-7-13)12-16(25,17(19,20)21)18(22,23)24/h6-9,25H,4-5,10-12H2,1-3H3. The average molecular weight is 370 g/mol. The first-order valence-corrected chi connectivity index (χ1v) is 8.21. The zero-order chi connectivity index (χ0) is 19.5. The lowest BCUT2D eigenvalue weighted by atomic mass is 9.79. The van der Waals surface area contributed by atoms with E-state index in [1.165, 1.54) is 24.3 Å². The topological polar surface area (TPSA) is 20.2 Å². The molecule has 0 radical (unpaired) electrons. The van der Waals surface area contributed by atoms with Crippen LogP contribution in [-0.2, 0) is 12.8 Å². The smallest absolute Gasteiger partial charge is 0.373 e. The van der Waals surface area contributed by atoms with Crippen LogP contribution >= 0.6 is 0 Å². The van der Waals surface area contributed by atoms with Gasteiger partial charge in [0.25, 0.3) is 5.60 Å². The summed E-state index contributed by atoms with van der Waals surface area (Å²) in [7, 11) is 0. The number of rotatable bonds is 7. The van der Waals surface area contributed by atoms with E-state index in [-0.39, 0.29) is 11.0 Å². The minimum Gasteiger partial charge on any atom is -0.373 e. The van der Waals surface area contributed by atoms with Crippen LogP contribution in [0.2, 0.25) is 0 Å². The van der Waals surface area contributed by atoms with E-state index in [0.717, 1.165) is 24.8 Å². The van der Waals surface area contributed by atoms with Crippen molar-refractivity contribution >= 4 is 0 Å². The molecule has 1 aromatic rings. The summed E-state index contributed by atoms with van der Waals surface area (Å²) in [5.41, 5.74) is -3.95. The molecule has 0 fully saturated rings. The Labute approximate surface area is 144 Å². The molecule has 0 unspecified atom stereocenters. The van der Waals surface area contributed by atoms with E-state index in [9.17, 15) is 31.4 Å². The predicted octanol–water partition coefficient (Wildman–Crippen LogP) is 5.84. The Bertz CT molecular complexity index is 526. The van der Waals surface area contributed by atoms with Crippen molar-refractivity contribution in [3.63, 3.8) is 0 Å². The minimum atomic E-state index is -5.80. The van der Waals surface area contributed by atoms with Crippen molar-refractivity contribution < 1.29 is 31.4 Å². The first-order valence-electron chi connectivity index (χ1n) is 8.21. The van der Waals surface area contributed by atoms with Crippen LogP contribution in [0.25, 0.3) is 0 Å². The summed E-state index contributed by atoms with van der Waals surface area (Å²) < 4.78 is 76.4. The summed E-state index contributed by atoms with van der Waals surface area (Å²) in [6.45, 7) is 6.32. The summed E-state index contributed by atoms with van der Waals surface area (Å²) in [6.07, 6.45) is -9.59. The molecule has 0 aromatic heterocycles. The van der Waals surface area contributed by atoms with Crippen molar-refractivity contribution in [2.45, 2.75) is 70.8 Å². The largest absolute Gasteiger partial charge is 0.426 e. The van der Waals surface area contributed by atoms with Crippen LogP contribution in [0.3, 0.4) is 0 Å². The van der Waals surface area contributed by atoms with Crippen LogP contribution < -0.4 is 0 Å². The normalized spacial score (nSPS) is 14.0. The van der Waals surface area contributed by atoms with Crippen molar-refractivity contribution in [3.8, 4) is 0 Å². The molecule has 1 aromatic carbocycles. The van der Waals surface area contributed by atoms with E-state index in [2.05, 4.69) is 20.8 Å². The van der Waals surface area contributed by atoms with E-state index >= 15 is 0 Å². The molecule has 144 valence electrons. The molecule has 1 N–H and O–H groups in total. The Balaban J connectivity index is 2.89. The highest BCUT2D eigenvalue weighted by molar-refractivity contribution is 5.25. The summed E-state index contributed by atoms with van der Waals surface area (Å²) in [5.74, 6) is 0. The summed E-state index contributed by atoms with van der Waals surface area (Å²) in [5, 5.41) is 9.23. The van der Waals surface area contributed by atoms with Gasteiger partial charge in [0.15, 0.2) is 0 Å². The molecule has 1 nitrogen and oxygen atoms in total. The van der Waals surface area contributed by atoms with E-state index in [0.29, 0.717) is 6.42 Å². The van der Waals surface area contributed by atoms with Crippen molar-refractivity contribution in [2.24, 2.45) is 5.41 Å². The molecule has 7 heteroatoms. The second-order valence-corrected chi connectivity index (χ2v) is 6.87. The number of aliphatic hydroxyl groups is 1. The van der Waals surface area contributed by atoms with Gasteiger partial charge in [-0.15, -0.1) is 0 Å². The van der Waals surface area contributed by atoms with E-state index < -0.39 is 24.4 Å². The van der Waals surface area contributed by atoms with Gasteiger partial charge < -0.3 is 5.11 Å². The van der Waals surface area contributed by atoms with Gasteiger partial charge in [-0.25, -0.2) is 0 Å². The first-order chi connectivity index (χ1) is 11.3. The SMILES string of the molecule is CCC(C)(CC)CCc1ccc(CC(O)(C(F)(F)F)C(F)(F)F)cc1. The van der Waals surface area contributed by atoms with Crippen LogP contribution in [0.5, 0.6) is 0 Å². The maximum atomic E-state index is 12.7. The molecule has 0 saturated carbocycles. The zero-order valence-corrected chi connectivity index (χ0v) is 14.6. The highest BCUT2D eigenvalue weighted by atomic mass is 19.4. The van der Waals surface area contributed by atoms with Crippen molar-refractivity contribution in [2.75, 3.05) is 0 Å². The van der Waals surface area contributed by atoms with Gasteiger partial charge in [-0.05, 0) is 29.4 Å². The fourth-order valence-electron chi connectivity index (χ4n) is 2.53. The lowest BCUT2D eigenvalue weighted by molar-refractivity contribution is -0.367. The van der Waals surface area contributed by atoms with Crippen LogP contribution in [0.1, 0.15) is 51.2 Å². The van der Waals surface area contributed by atoms with Crippen LogP contribution in [-0.4, -0.2) is 23.1 Å². The summed E-state index contributed by atoms with van der Waals surface area (Å²) in [6, 6.07) is 5.47. The fraction of sp³-hybridized carbons (Fsp3) is 0.667. The molecule has 0 spiro atoms. The third-order valence-electron chi connectivity index (χ3n) is 5.15. The van der Waals surface area contributed by atoms with Crippen LogP contribution in [0.15, 0.2) is 24.3 Å². The van der Waals surface area contributed by atoms with Crippen molar-refractivity contribution in [1.82, 2.24) is 0 Å². The Morgan fingerprint density at radius 3 is 1.56 bits per heavy atom. The number of alkyl halides is 6. The van der Waals surface area contributed by atoms with Crippen LogP contribution in [0.4, 0.5) is 26.3 Å². The zero-order valence-electron chi connectivity index (χ0n) is 14.6. The predicted molar refractivity (Wildman–Crippen MR) is 84.2 cm³/mol. The molecule has 0 aliphatic rings. The van der Waals surface area contributed by atoms with Gasteiger partial charge in [0.1, 0.15) is 0 Å². The summed E-state index contributed by atoms with van der Waals surface area (Å²) in [4.78, 5) is 0. The Kier molecular flexibility index (Phi) is 6.59. The second-order valence-electron chi connectivity index (χ2n) is 6.87. The molecule has 0 heterocycles. The molecule has 0 aliphatic heterocycles. The van der Waals surface area contributed by atoms with Crippen molar-refractivity contribution in [3.05, 3.63) is 35.4 Å². The minimum absolute atomic E-state index is 0.158. The highest BCUT2D eigenvalue weighted by Gasteiger charge is 2.70. The molecular weight excluding hydrogens is 346 g/mol. The molecule has 0 amide bonds. The van der Waals surface area contributed by atoms with Gasteiger partial charge in [-0.1, -0.05) is 57.9 Å². The number of hydrogen-bond donors (Lipinski definition) is 1. The Hall–Kier alpha value is -1.24. The van der Waals surface area contributed by atoms with E-state index in [1.807, 2.05) is 0 Å². The lowest BCUT2D eigenvalue weighted by Crippen LogP contribution is -2.58. The van der Waals surface area contributed by atoms with E-state index in [1.54, 1.807) is 0 Å². The Morgan fingerprint density at radius 1 is 0.800 bits per heavy atom. The number of hydrogen-bond acceptors (Lipinski definition) is 1. The molecule has 0 aliphatic carbocycles. The maximum Gasteiger partial charge on any atom is 0.426 e. The monoisotopic (exact) mass is 370 g/mol. The Morgan fingerprint density at radius 2 is 1.20 bits per heavy atom. The number of aryl methyl sites for hydroxylation is 1. The van der Waals surface area contributed by atoms with Gasteiger partial charge in [0.2, 0.25) is 0 Å². The first kappa shape index (κ1) is 21.8. The third-order valence-corrected chi connectivity index (χ3v) is 5.15. The maximum absolute atomic E-state index is 12.7. The van der Waals surface area contributed by atoms with Crippen LogP contribution in [0, 0.1) is 5.41 Å². The molecule has 1 rings (SSSR count). The molecule has 0 atom stereocenters. The quantitative estimate of drug-likeness (QED) is 0.598. The molecule has 0 saturated heterocycles. The number of benzene rings is 1. The average Bonchev–Trinajstić information content (AvgIpc) is 2.51. The van der Waals surface area contributed by atoms with E-state index in [4.69, 9.17) is 0 Å².